The molecule has 1 aromatic heterocycles. The minimum atomic E-state index is -0.552. The smallest absolute Gasteiger partial charge is 0.270 e. The van der Waals surface area contributed by atoms with Gasteiger partial charge in [0.05, 0.1) is 10.5 Å². The third-order valence-corrected chi connectivity index (χ3v) is 5.02. The number of allylic oxidation sites excluding steroid dienone is 1. The van der Waals surface area contributed by atoms with Crippen LogP contribution in [0.1, 0.15) is 32.6 Å². The monoisotopic (exact) mass is 414 g/mol. The number of furan rings is 1. The number of nitrogens with one attached hydrogen (secondary N) is 2. The standard InChI is InChI=1S/C20H22N4O4S/c1-4-23(5-2)19(25)17-12(3)21-20(29)22-18(17)16-10-9-15(28-16)13-7-6-8-14(11-13)24(26)27/h6-11,18H,4-5H2,1-3H3,(H2,21,22,29)/t18-/m0/s1. The third kappa shape index (κ3) is 4.14. The molecule has 0 fully saturated rings. The van der Waals surface area contributed by atoms with Gasteiger partial charge in [-0.3, -0.25) is 14.9 Å². The predicted octanol–water partition coefficient (Wildman–Crippen LogP) is 3.52. The van der Waals surface area contributed by atoms with Gasteiger partial charge < -0.3 is 20.0 Å². The van der Waals surface area contributed by atoms with Gasteiger partial charge in [-0.1, -0.05) is 12.1 Å². The van der Waals surface area contributed by atoms with Gasteiger partial charge in [0.25, 0.3) is 11.6 Å². The van der Waals surface area contributed by atoms with Gasteiger partial charge in [0.2, 0.25) is 0 Å². The fourth-order valence-corrected chi connectivity index (χ4v) is 3.58. The number of amides is 1. The van der Waals surface area contributed by atoms with Crippen molar-refractivity contribution >= 4 is 28.9 Å². The topological polar surface area (TPSA) is 101 Å². The first kappa shape index (κ1) is 20.5. The maximum atomic E-state index is 13.1. The average molecular weight is 414 g/mol. The van der Waals surface area contributed by atoms with Crippen LogP contribution in [0.3, 0.4) is 0 Å². The van der Waals surface area contributed by atoms with E-state index in [-0.39, 0.29) is 11.6 Å². The number of benzene rings is 1. The van der Waals surface area contributed by atoms with Crippen molar-refractivity contribution in [1.29, 1.82) is 0 Å². The van der Waals surface area contributed by atoms with Gasteiger partial charge in [-0.15, -0.1) is 0 Å². The van der Waals surface area contributed by atoms with Crippen molar-refractivity contribution in [2.45, 2.75) is 26.8 Å². The summed E-state index contributed by atoms with van der Waals surface area (Å²) in [5.41, 5.74) is 1.76. The van der Waals surface area contributed by atoms with E-state index in [2.05, 4.69) is 10.6 Å². The van der Waals surface area contributed by atoms with E-state index in [1.807, 2.05) is 13.8 Å². The first-order valence-electron chi connectivity index (χ1n) is 9.27. The van der Waals surface area contributed by atoms with E-state index < -0.39 is 11.0 Å². The number of hydrogen-bond acceptors (Lipinski definition) is 5. The normalized spacial score (nSPS) is 16.2. The van der Waals surface area contributed by atoms with E-state index >= 15 is 0 Å². The molecule has 1 aliphatic heterocycles. The second-order valence-corrected chi connectivity index (χ2v) is 6.97. The summed E-state index contributed by atoms with van der Waals surface area (Å²) >= 11 is 5.27. The summed E-state index contributed by atoms with van der Waals surface area (Å²) in [5, 5.41) is 17.6. The van der Waals surface area contributed by atoms with Crippen LogP contribution in [-0.4, -0.2) is 33.9 Å². The number of non-ortho nitro benzene ring substituents is 1. The molecular formula is C20H22N4O4S. The van der Waals surface area contributed by atoms with Crippen LogP contribution in [0.4, 0.5) is 5.69 Å². The number of thiocarbonyl (C=S) groups is 1. The lowest BCUT2D eigenvalue weighted by Crippen LogP contribution is -2.47. The van der Waals surface area contributed by atoms with Crippen LogP contribution in [0.2, 0.25) is 0 Å². The van der Waals surface area contributed by atoms with Crippen molar-refractivity contribution < 1.29 is 14.1 Å². The molecule has 9 heteroatoms. The van der Waals surface area contributed by atoms with Gasteiger partial charge in [-0.25, -0.2) is 0 Å². The molecule has 8 nitrogen and oxygen atoms in total. The highest BCUT2D eigenvalue weighted by molar-refractivity contribution is 7.80. The first-order valence-corrected chi connectivity index (χ1v) is 9.68. The quantitative estimate of drug-likeness (QED) is 0.424. The molecule has 0 spiro atoms. The molecule has 0 saturated heterocycles. The number of nitro benzene ring substituents is 1. The van der Waals surface area contributed by atoms with Gasteiger partial charge in [0, 0.05) is 36.5 Å². The fraction of sp³-hybridized carbons (Fsp3) is 0.300. The Balaban J connectivity index is 1.99. The number of likely N-dealkylation sites (N-methyl/N-ethyl adjacent to an activating group) is 1. The highest BCUT2D eigenvalue weighted by Crippen LogP contribution is 2.33. The van der Waals surface area contributed by atoms with Crippen molar-refractivity contribution in [2.24, 2.45) is 0 Å². The predicted molar refractivity (Wildman–Crippen MR) is 113 cm³/mol. The van der Waals surface area contributed by atoms with Gasteiger partial charge in [0.15, 0.2) is 5.11 Å². The summed E-state index contributed by atoms with van der Waals surface area (Å²) < 4.78 is 5.99. The van der Waals surface area contributed by atoms with Gasteiger partial charge in [-0.05, 0) is 45.1 Å². The van der Waals surface area contributed by atoms with Crippen LogP contribution in [0.15, 0.2) is 52.1 Å². The number of rotatable bonds is 6. The van der Waals surface area contributed by atoms with Crippen LogP contribution < -0.4 is 10.6 Å². The Morgan fingerprint density at radius 2 is 2.00 bits per heavy atom. The molecule has 0 saturated carbocycles. The molecule has 0 bridgehead atoms. The van der Waals surface area contributed by atoms with Crippen LogP contribution in [0.5, 0.6) is 0 Å². The second-order valence-electron chi connectivity index (χ2n) is 6.56. The summed E-state index contributed by atoms with van der Waals surface area (Å²) in [6.45, 7) is 6.82. The SMILES string of the molecule is CCN(CC)C(=O)C1=C(C)NC(=S)N[C@H]1c1ccc(-c2cccc([N+](=O)[O-])c2)o1. The molecule has 0 unspecified atom stereocenters. The molecule has 2 N–H and O–H groups in total. The van der Waals surface area contributed by atoms with E-state index in [4.69, 9.17) is 16.6 Å². The van der Waals surface area contributed by atoms with Crippen molar-refractivity contribution in [2.75, 3.05) is 13.1 Å². The summed E-state index contributed by atoms with van der Waals surface area (Å²) in [5.74, 6) is 0.876. The Hall–Kier alpha value is -3.20. The summed E-state index contributed by atoms with van der Waals surface area (Å²) in [6, 6.07) is 9.15. The molecular weight excluding hydrogens is 392 g/mol. The number of nitrogens with zero attached hydrogens (tertiary/aromatic N) is 2. The van der Waals surface area contributed by atoms with Crippen LogP contribution in [-0.2, 0) is 4.79 Å². The van der Waals surface area contributed by atoms with E-state index in [0.717, 1.165) is 0 Å². The molecule has 2 aromatic rings. The Labute approximate surface area is 173 Å². The molecule has 29 heavy (non-hydrogen) atoms. The molecule has 1 aliphatic rings. The molecule has 1 amide bonds. The van der Waals surface area contributed by atoms with Crippen molar-refractivity contribution in [3.8, 4) is 11.3 Å². The maximum absolute atomic E-state index is 13.1. The third-order valence-electron chi connectivity index (χ3n) is 4.80. The zero-order valence-corrected chi connectivity index (χ0v) is 17.2. The highest BCUT2D eigenvalue weighted by atomic mass is 32.1. The maximum Gasteiger partial charge on any atom is 0.270 e. The Bertz CT molecular complexity index is 994. The number of carbonyl (C=O) groups excluding carboxylic acids is 1. The second kappa shape index (κ2) is 8.44. The number of carbonyl (C=O) groups is 1. The van der Waals surface area contributed by atoms with Crippen LogP contribution in [0.25, 0.3) is 11.3 Å². The van der Waals surface area contributed by atoms with E-state index in [1.54, 1.807) is 36.1 Å². The minimum absolute atomic E-state index is 0.0187. The van der Waals surface area contributed by atoms with Crippen LogP contribution >= 0.6 is 12.2 Å². The average Bonchev–Trinajstić information content (AvgIpc) is 3.18. The summed E-state index contributed by atoms with van der Waals surface area (Å²) in [7, 11) is 0. The lowest BCUT2D eigenvalue weighted by Gasteiger charge is -2.31. The number of hydrogen-bond donors (Lipinski definition) is 2. The van der Waals surface area contributed by atoms with Gasteiger partial charge in [0.1, 0.15) is 17.6 Å². The lowest BCUT2D eigenvalue weighted by atomic mass is 9.99. The van der Waals surface area contributed by atoms with Crippen molar-refractivity contribution in [1.82, 2.24) is 15.5 Å². The van der Waals surface area contributed by atoms with Crippen molar-refractivity contribution in [3.05, 3.63) is 63.5 Å². The Kier molecular flexibility index (Phi) is 5.97. The Morgan fingerprint density at radius 3 is 2.66 bits per heavy atom. The zero-order valence-electron chi connectivity index (χ0n) is 16.4. The van der Waals surface area contributed by atoms with E-state index in [0.29, 0.717) is 46.6 Å². The van der Waals surface area contributed by atoms with Crippen LogP contribution in [0, 0.1) is 10.1 Å². The molecule has 1 atom stereocenters. The van der Waals surface area contributed by atoms with E-state index in [1.165, 1.54) is 12.1 Å². The van der Waals surface area contributed by atoms with E-state index in [9.17, 15) is 14.9 Å². The molecule has 1 aromatic carbocycles. The fourth-order valence-electron chi connectivity index (χ4n) is 3.31. The number of nitro groups is 1. The molecule has 2 heterocycles. The largest absolute Gasteiger partial charge is 0.459 e. The van der Waals surface area contributed by atoms with Gasteiger partial charge in [-0.2, -0.15) is 0 Å². The zero-order chi connectivity index (χ0) is 21.1. The highest BCUT2D eigenvalue weighted by Gasteiger charge is 2.33. The van der Waals surface area contributed by atoms with Crippen molar-refractivity contribution in [3.63, 3.8) is 0 Å². The molecule has 0 radical (unpaired) electrons. The minimum Gasteiger partial charge on any atom is -0.459 e. The molecule has 3 rings (SSSR count). The summed E-state index contributed by atoms with van der Waals surface area (Å²) in [4.78, 5) is 25.4. The Morgan fingerprint density at radius 1 is 1.28 bits per heavy atom. The van der Waals surface area contributed by atoms with Gasteiger partial charge >= 0.3 is 0 Å². The summed E-state index contributed by atoms with van der Waals surface area (Å²) in [6.07, 6.45) is 0. The first-order chi connectivity index (χ1) is 13.8. The molecule has 0 aliphatic carbocycles. The lowest BCUT2D eigenvalue weighted by molar-refractivity contribution is -0.384. The molecule has 152 valence electrons.